The fraction of sp³-hybridized carbons (Fsp3) is 0.400. The van der Waals surface area contributed by atoms with Gasteiger partial charge in [0.25, 0.3) is 0 Å². The first-order valence-corrected chi connectivity index (χ1v) is 7.11. The Kier molecular flexibility index (Phi) is 4.06. The number of aromatic nitrogens is 2. The molecule has 1 saturated heterocycles. The Balaban J connectivity index is 1.72. The maximum absolute atomic E-state index is 11.2. The largest absolute Gasteiger partial charge is 0.497 e. The minimum Gasteiger partial charge on any atom is -0.497 e. The molecule has 0 bridgehead atoms. The van der Waals surface area contributed by atoms with Crippen LogP contribution >= 0.6 is 0 Å². The molecule has 0 spiro atoms. The molecular formula is C15H17N3O4. The zero-order chi connectivity index (χ0) is 15.5. The van der Waals surface area contributed by atoms with Crippen molar-refractivity contribution in [3.05, 3.63) is 30.2 Å². The molecule has 22 heavy (non-hydrogen) atoms. The summed E-state index contributed by atoms with van der Waals surface area (Å²) in [5.41, 5.74) is 0.826. The number of methoxy groups -OCH3 is 1. The molecule has 1 fully saturated rings. The Morgan fingerprint density at radius 3 is 2.91 bits per heavy atom. The van der Waals surface area contributed by atoms with Gasteiger partial charge in [-0.25, -0.2) is 0 Å². The first-order valence-electron chi connectivity index (χ1n) is 7.11. The van der Waals surface area contributed by atoms with Gasteiger partial charge in [0.1, 0.15) is 11.8 Å². The summed E-state index contributed by atoms with van der Waals surface area (Å²) in [6, 6.07) is 6.89. The average Bonchev–Trinajstić information content (AvgIpc) is 3.17. The fourth-order valence-corrected chi connectivity index (χ4v) is 2.65. The lowest BCUT2D eigenvalue weighted by Gasteiger charge is -2.18. The van der Waals surface area contributed by atoms with Gasteiger partial charge >= 0.3 is 5.97 Å². The number of rotatable bonds is 5. The number of hydrogen-bond acceptors (Lipinski definition) is 6. The number of likely N-dealkylation sites (tertiary alicyclic amines) is 1. The van der Waals surface area contributed by atoms with Crippen LogP contribution in [0.25, 0.3) is 11.4 Å². The van der Waals surface area contributed by atoms with Gasteiger partial charge in [0.2, 0.25) is 11.7 Å². The Bertz CT molecular complexity index is 653. The Labute approximate surface area is 127 Å². The summed E-state index contributed by atoms with van der Waals surface area (Å²) in [5.74, 6) is 0.879. The molecule has 3 rings (SSSR count). The van der Waals surface area contributed by atoms with E-state index in [0.29, 0.717) is 24.7 Å². The van der Waals surface area contributed by atoms with Crippen molar-refractivity contribution in [2.45, 2.75) is 25.4 Å². The number of carboxylic acids is 1. The smallest absolute Gasteiger partial charge is 0.320 e. The van der Waals surface area contributed by atoms with E-state index in [9.17, 15) is 9.90 Å². The monoisotopic (exact) mass is 303 g/mol. The number of hydrogen-bond donors (Lipinski definition) is 1. The molecule has 0 amide bonds. The van der Waals surface area contributed by atoms with Crippen molar-refractivity contribution in [1.29, 1.82) is 0 Å². The van der Waals surface area contributed by atoms with Crippen LogP contribution in [0.15, 0.2) is 28.8 Å². The van der Waals surface area contributed by atoms with Crippen LogP contribution in [0.1, 0.15) is 18.7 Å². The summed E-state index contributed by atoms with van der Waals surface area (Å²) in [7, 11) is 1.61. The summed E-state index contributed by atoms with van der Waals surface area (Å²) in [6.45, 7) is 1.09. The summed E-state index contributed by atoms with van der Waals surface area (Å²) in [6.07, 6.45) is 1.53. The zero-order valence-corrected chi connectivity index (χ0v) is 12.2. The number of carboxylic acid groups (broad SMARTS) is 1. The third kappa shape index (κ3) is 2.94. The highest BCUT2D eigenvalue weighted by molar-refractivity contribution is 5.73. The first-order chi connectivity index (χ1) is 10.7. The molecule has 116 valence electrons. The molecule has 1 aromatic carbocycles. The molecule has 7 nitrogen and oxygen atoms in total. The van der Waals surface area contributed by atoms with E-state index >= 15 is 0 Å². The van der Waals surface area contributed by atoms with E-state index in [1.807, 2.05) is 29.2 Å². The topological polar surface area (TPSA) is 88.7 Å². The van der Waals surface area contributed by atoms with Gasteiger partial charge in [-0.15, -0.1) is 0 Å². The zero-order valence-electron chi connectivity index (χ0n) is 12.2. The van der Waals surface area contributed by atoms with Crippen LogP contribution in [0, 0.1) is 0 Å². The molecule has 1 aromatic heterocycles. The fourth-order valence-electron chi connectivity index (χ4n) is 2.65. The maximum atomic E-state index is 11.2. The normalized spacial score (nSPS) is 18.5. The number of benzene rings is 1. The second-order valence-electron chi connectivity index (χ2n) is 5.21. The van der Waals surface area contributed by atoms with E-state index in [-0.39, 0.29) is 0 Å². The van der Waals surface area contributed by atoms with Crippen molar-refractivity contribution < 1.29 is 19.2 Å². The molecule has 0 saturated carbocycles. The maximum Gasteiger partial charge on any atom is 0.320 e. The standard InChI is InChI=1S/C15H17N3O4/c1-21-11-6-4-10(5-7-11)14-16-13(22-17-14)9-18-8-2-3-12(18)15(19)20/h4-7,12H,2-3,8-9H2,1H3,(H,19,20). The van der Waals surface area contributed by atoms with Crippen LogP contribution in [0.5, 0.6) is 5.75 Å². The predicted molar refractivity (Wildman–Crippen MR) is 77.4 cm³/mol. The van der Waals surface area contributed by atoms with Gasteiger partial charge in [0.05, 0.1) is 13.7 Å². The van der Waals surface area contributed by atoms with E-state index < -0.39 is 12.0 Å². The summed E-state index contributed by atoms with van der Waals surface area (Å²) in [4.78, 5) is 17.4. The van der Waals surface area contributed by atoms with Crippen LogP contribution in [-0.4, -0.2) is 45.8 Å². The minimum atomic E-state index is -0.799. The summed E-state index contributed by atoms with van der Waals surface area (Å²) < 4.78 is 10.3. The minimum absolute atomic E-state index is 0.361. The number of carbonyl (C=O) groups is 1. The van der Waals surface area contributed by atoms with Gasteiger partial charge in [-0.05, 0) is 43.7 Å². The van der Waals surface area contributed by atoms with Crippen LogP contribution in [0.4, 0.5) is 0 Å². The summed E-state index contributed by atoms with van der Waals surface area (Å²) >= 11 is 0. The second kappa shape index (κ2) is 6.15. The highest BCUT2D eigenvalue weighted by Gasteiger charge is 2.31. The van der Waals surface area contributed by atoms with Crippen molar-refractivity contribution in [2.75, 3.05) is 13.7 Å². The van der Waals surface area contributed by atoms with Crippen LogP contribution < -0.4 is 4.74 Å². The van der Waals surface area contributed by atoms with E-state index in [1.54, 1.807) is 7.11 Å². The highest BCUT2D eigenvalue weighted by atomic mass is 16.5. The lowest BCUT2D eigenvalue weighted by molar-refractivity contribution is -0.142. The third-order valence-corrected chi connectivity index (χ3v) is 3.80. The molecule has 2 heterocycles. The number of nitrogens with zero attached hydrogens (tertiary/aromatic N) is 3. The van der Waals surface area contributed by atoms with E-state index in [2.05, 4.69) is 10.1 Å². The Hall–Kier alpha value is -2.41. The van der Waals surface area contributed by atoms with Gasteiger partial charge in [-0.2, -0.15) is 4.98 Å². The lowest BCUT2D eigenvalue weighted by atomic mass is 10.2. The van der Waals surface area contributed by atoms with Gasteiger partial charge in [-0.3, -0.25) is 9.69 Å². The van der Waals surface area contributed by atoms with Gasteiger partial charge in [0, 0.05) is 5.56 Å². The van der Waals surface area contributed by atoms with Gasteiger partial charge < -0.3 is 14.4 Å². The molecule has 1 N–H and O–H groups in total. The summed E-state index contributed by atoms with van der Waals surface area (Å²) in [5, 5.41) is 13.1. The van der Waals surface area contributed by atoms with Crippen LogP contribution in [0.2, 0.25) is 0 Å². The molecule has 1 atom stereocenters. The highest BCUT2D eigenvalue weighted by Crippen LogP contribution is 2.22. The molecule has 1 aliphatic heterocycles. The van der Waals surface area contributed by atoms with Gasteiger partial charge in [0.15, 0.2) is 0 Å². The average molecular weight is 303 g/mol. The van der Waals surface area contributed by atoms with E-state index in [0.717, 1.165) is 24.3 Å². The first kappa shape index (κ1) is 14.5. The second-order valence-corrected chi connectivity index (χ2v) is 5.21. The van der Waals surface area contributed by atoms with Crippen LogP contribution in [0.3, 0.4) is 0 Å². The Morgan fingerprint density at radius 1 is 1.45 bits per heavy atom. The molecule has 1 unspecified atom stereocenters. The molecule has 1 aliphatic rings. The molecule has 0 radical (unpaired) electrons. The Morgan fingerprint density at radius 2 is 2.23 bits per heavy atom. The van der Waals surface area contributed by atoms with Crippen LogP contribution in [-0.2, 0) is 11.3 Å². The molecule has 7 heteroatoms. The quantitative estimate of drug-likeness (QED) is 0.900. The molecule has 2 aromatic rings. The van der Waals surface area contributed by atoms with Crippen molar-refractivity contribution in [1.82, 2.24) is 15.0 Å². The lowest BCUT2D eigenvalue weighted by Crippen LogP contribution is -2.35. The van der Waals surface area contributed by atoms with Gasteiger partial charge in [-0.1, -0.05) is 5.16 Å². The van der Waals surface area contributed by atoms with Crippen molar-refractivity contribution in [3.63, 3.8) is 0 Å². The predicted octanol–water partition coefficient (Wildman–Crippen LogP) is 1.79. The SMILES string of the molecule is COc1ccc(-c2noc(CN3CCCC3C(=O)O)n2)cc1. The number of aliphatic carboxylic acids is 1. The molecule has 0 aliphatic carbocycles. The number of ether oxygens (including phenoxy) is 1. The molecular weight excluding hydrogens is 286 g/mol. The third-order valence-electron chi connectivity index (χ3n) is 3.80. The van der Waals surface area contributed by atoms with Crippen molar-refractivity contribution in [3.8, 4) is 17.1 Å². The van der Waals surface area contributed by atoms with Crippen molar-refractivity contribution in [2.24, 2.45) is 0 Å². The van der Waals surface area contributed by atoms with Crippen molar-refractivity contribution >= 4 is 5.97 Å². The van der Waals surface area contributed by atoms with E-state index in [1.165, 1.54) is 0 Å². The van der Waals surface area contributed by atoms with E-state index in [4.69, 9.17) is 9.26 Å².